The maximum atomic E-state index is 12.9. The molecule has 16 nitrogen and oxygen atoms in total. The average molecular weight is 613 g/mol. The fraction of sp³-hybridized carbons (Fsp3) is 0.577. The summed E-state index contributed by atoms with van der Waals surface area (Å²) in [5.74, 6) is 1.80. The van der Waals surface area contributed by atoms with Crippen LogP contribution < -0.4 is 33.0 Å². The molecule has 3 fully saturated rings. The smallest absolute Gasteiger partial charge is 0.280 e. The summed E-state index contributed by atoms with van der Waals surface area (Å²) < 4.78 is 6.23. The number of aromatic amines is 1. The van der Waals surface area contributed by atoms with Crippen LogP contribution in [-0.4, -0.2) is 109 Å². The summed E-state index contributed by atoms with van der Waals surface area (Å²) in [5.41, 5.74) is 11.2. The molecule has 0 aliphatic carbocycles. The van der Waals surface area contributed by atoms with Crippen LogP contribution in [0.3, 0.4) is 0 Å². The Bertz CT molecular complexity index is 1500. The molecule has 4 aliphatic heterocycles. The summed E-state index contributed by atoms with van der Waals surface area (Å²) in [5, 5.41) is 9.84. The number of likely N-dealkylation sites (tertiary alicyclic amines) is 2. The van der Waals surface area contributed by atoms with Crippen LogP contribution in [0.25, 0.3) is 0 Å². The number of anilines is 5. The molecule has 8 N–H and O–H groups in total. The number of nitrogens with zero attached hydrogens (tertiary/aromatic N) is 6. The van der Waals surface area contributed by atoms with E-state index in [2.05, 4.69) is 45.8 Å². The number of fused-ring (bicyclic) bond motifs is 2. The molecule has 0 saturated carbocycles. The molecule has 0 spiro atoms. The minimum atomic E-state index is -0.898. The van der Waals surface area contributed by atoms with Gasteiger partial charge in [-0.25, -0.2) is 15.0 Å². The molecule has 0 radical (unpaired) electrons. The third-order valence-corrected chi connectivity index (χ3v) is 9.94. The van der Waals surface area contributed by atoms with Gasteiger partial charge >= 0.3 is 0 Å². The number of piperidine rings is 1. The number of nitrogens with two attached hydrogens (primary N) is 2. The molecule has 0 aromatic carbocycles. The first-order valence-electron chi connectivity index (χ1n) is 14.3. The van der Waals surface area contributed by atoms with Gasteiger partial charge in [0.1, 0.15) is 24.5 Å². The van der Waals surface area contributed by atoms with E-state index in [1.807, 2.05) is 18.7 Å². The number of hydrogen-bond donors (Lipinski definition) is 6. The van der Waals surface area contributed by atoms with E-state index in [1.54, 1.807) is 11.9 Å². The van der Waals surface area contributed by atoms with E-state index in [-0.39, 0.29) is 47.4 Å². The number of nitrogens with one attached hydrogen (secondary N) is 4. The average Bonchev–Trinajstić information content (AvgIpc) is 3.43. The predicted molar refractivity (Wildman–Crippen MR) is 165 cm³/mol. The molecule has 4 aliphatic rings. The molecule has 230 valence electrons. The van der Waals surface area contributed by atoms with Gasteiger partial charge in [0, 0.05) is 31.1 Å². The maximum absolute atomic E-state index is 12.9. The van der Waals surface area contributed by atoms with Gasteiger partial charge in [-0.2, -0.15) is 16.7 Å². The highest BCUT2D eigenvalue weighted by Crippen LogP contribution is 2.38. The van der Waals surface area contributed by atoms with E-state index in [9.17, 15) is 14.4 Å². The number of carbonyl (C=O) groups is 2. The molecule has 6 rings (SSSR count). The van der Waals surface area contributed by atoms with Crippen molar-refractivity contribution < 1.29 is 14.3 Å². The van der Waals surface area contributed by atoms with E-state index >= 15 is 0 Å². The zero-order valence-corrected chi connectivity index (χ0v) is 24.8. The Kier molecular flexibility index (Phi) is 7.87. The van der Waals surface area contributed by atoms with Gasteiger partial charge in [0.25, 0.3) is 11.5 Å². The van der Waals surface area contributed by atoms with Crippen molar-refractivity contribution in [2.75, 3.05) is 59.9 Å². The number of aromatic nitrogens is 4. The fourth-order valence-electron chi connectivity index (χ4n) is 6.14. The molecule has 3 saturated heterocycles. The summed E-state index contributed by atoms with van der Waals surface area (Å²) in [7, 11) is 1.77. The molecule has 2 aromatic heterocycles. The van der Waals surface area contributed by atoms with Crippen LogP contribution in [0, 0.1) is 0 Å². The molecule has 0 bridgehead atoms. The molecule has 1 amide bonds. The number of β-lactam (4-membered cyclic amide) rings is 1. The van der Waals surface area contributed by atoms with Gasteiger partial charge in [-0.05, 0) is 39.2 Å². The highest BCUT2D eigenvalue weighted by atomic mass is 32.2. The maximum Gasteiger partial charge on any atom is 0.280 e. The van der Waals surface area contributed by atoms with Crippen molar-refractivity contribution in [2.24, 2.45) is 4.99 Å². The molecule has 17 heteroatoms. The van der Waals surface area contributed by atoms with Gasteiger partial charge < -0.3 is 41.8 Å². The first-order chi connectivity index (χ1) is 20.7. The molecule has 6 heterocycles. The number of rotatable bonds is 10. The van der Waals surface area contributed by atoms with Gasteiger partial charge in [-0.15, -0.1) is 0 Å². The summed E-state index contributed by atoms with van der Waals surface area (Å²) >= 11 is 1.85. The zero-order valence-electron chi connectivity index (χ0n) is 24.0. The third-order valence-electron chi connectivity index (χ3n) is 8.48. The van der Waals surface area contributed by atoms with Gasteiger partial charge in [-0.3, -0.25) is 19.5 Å². The van der Waals surface area contributed by atoms with Crippen molar-refractivity contribution in [2.45, 2.75) is 61.9 Å². The third kappa shape index (κ3) is 5.47. The quantitative estimate of drug-likeness (QED) is 0.156. The Labute approximate surface area is 251 Å². The van der Waals surface area contributed by atoms with Crippen LogP contribution in [-0.2, 0) is 14.3 Å². The van der Waals surface area contributed by atoms with Gasteiger partial charge in [-0.1, -0.05) is 0 Å². The summed E-state index contributed by atoms with van der Waals surface area (Å²) in [6, 6.07) is -0.231. The predicted octanol–water partition coefficient (Wildman–Crippen LogP) is 0.205. The Balaban J connectivity index is 0.978. The number of amides is 1. The number of aldehydes is 1. The van der Waals surface area contributed by atoms with E-state index in [4.69, 9.17) is 16.2 Å². The fourth-order valence-corrected chi connectivity index (χ4v) is 7.47. The highest BCUT2D eigenvalue weighted by molar-refractivity contribution is 7.99. The van der Waals surface area contributed by atoms with Crippen LogP contribution in [0.2, 0.25) is 0 Å². The lowest BCUT2D eigenvalue weighted by Gasteiger charge is -2.53. The minimum Gasteiger partial charge on any atom is -0.382 e. The Hall–Kier alpha value is -3.96. The Morgan fingerprint density at radius 1 is 1.23 bits per heavy atom. The molecule has 5 unspecified atom stereocenters. The minimum absolute atomic E-state index is 0.0304. The van der Waals surface area contributed by atoms with Gasteiger partial charge in [0.15, 0.2) is 34.5 Å². The SMILES string of the molecule is CNc1c(N)ncnc1NC1CCC(CSC2CCN(CCN3C(=O)C4=Nc5c(nc(N)[nH]c5=O)NC43C)C(C=O)C2)O1. The summed E-state index contributed by atoms with van der Waals surface area (Å²) in [4.78, 5) is 60.1. The molecule has 5 atom stereocenters. The molecule has 43 heavy (non-hydrogen) atoms. The second kappa shape index (κ2) is 11.6. The first-order valence-corrected chi connectivity index (χ1v) is 15.3. The topological polar surface area (TPSA) is 222 Å². The zero-order chi connectivity index (χ0) is 30.3. The number of ether oxygens (including phenoxy) is 1. The van der Waals surface area contributed by atoms with Gasteiger partial charge in [0.2, 0.25) is 5.95 Å². The number of carbonyl (C=O) groups excluding carboxylic acids is 2. The number of thioether (sulfide) groups is 1. The lowest BCUT2D eigenvalue weighted by Crippen LogP contribution is -2.75. The number of nitrogen functional groups attached to an aromatic ring is 2. The van der Waals surface area contributed by atoms with Crippen LogP contribution in [0.5, 0.6) is 0 Å². The lowest BCUT2D eigenvalue weighted by molar-refractivity contribution is -0.134. The van der Waals surface area contributed by atoms with Crippen molar-refractivity contribution in [3.05, 3.63) is 16.7 Å². The van der Waals surface area contributed by atoms with Crippen molar-refractivity contribution in [1.29, 1.82) is 0 Å². The largest absolute Gasteiger partial charge is 0.382 e. The van der Waals surface area contributed by atoms with Crippen molar-refractivity contribution in [3.8, 4) is 0 Å². The standard InChI is InChI=1S/C26H36N12O4S/c1-26-19(33-18-22(36-26)34-25(28)35-23(18)40)24(41)38(26)8-7-37-6-5-15(9-13(37)10-39)43-11-14-3-4-16(42-14)32-21-17(29-2)20(27)30-12-31-21/h10,12-16,29H,3-9,11H2,1-2H3,(H3,27,30,31,32)(H4,28,34,35,36,40). The van der Waals surface area contributed by atoms with Crippen LogP contribution in [0.15, 0.2) is 16.1 Å². The van der Waals surface area contributed by atoms with E-state index in [1.165, 1.54) is 6.33 Å². The normalized spacial score (nSPS) is 28.3. The van der Waals surface area contributed by atoms with E-state index < -0.39 is 11.2 Å². The van der Waals surface area contributed by atoms with Gasteiger partial charge in [0.05, 0.1) is 12.1 Å². The summed E-state index contributed by atoms with van der Waals surface area (Å²) in [6.45, 7) is 3.51. The molecular weight excluding hydrogens is 576 g/mol. The van der Waals surface area contributed by atoms with Crippen LogP contribution >= 0.6 is 11.8 Å². The molecule has 2 aromatic rings. The first kappa shape index (κ1) is 29.1. The van der Waals surface area contributed by atoms with E-state index in [0.29, 0.717) is 35.7 Å². The second-order valence-electron chi connectivity index (χ2n) is 11.2. The van der Waals surface area contributed by atoms with Crippen molar-refractivity contribution in [3.63, 3.8) is 0 Å². The number of aliphatic imine (C=N–C) groups is 1. The summed E-state index contributed by atoms with van der Waals surface area (Å²) in [6.07, 6.45) is 5.84. The van der Waals surface area contributed by atoms with E-state index in [0.717, 1.165) is 44.3 Å². The Morgan fingerprint density at radius 3 is 2.86 bits per heavy atom. The van der Waals surface area contributed by atoms with Crippen molar-refractivity contribution >= 4 is 64.4 Å². The van der Waals surface area contributed by atoms with Crippen LogP contribution in [0.4, 0.5) is 34.8 Å². The monoisotopic (exact) mass is 612 g/mol. The highest BCUT2D eigenvalue weighted by Gasteiger charge is 2.57. The number of H-pyrrole nitrogens is 1. The van der Waals surface area contributed by atoms with Crippen LogP contribution in [0.1, 0.15) is 32.6 Å². The lowest BCUT2D eigenvalue weighted by atomic mass is 9.90. The second-order valence-corrected chi connectivity index (χ2v) is 12.5. The molecular formula is C26H36N12O4S. The van der Waals surface area contributed by atoms with Crippen molar-refractivity contribution in [1.82, 2.24) is 29.7 Å². The number of hydrogen-bond acceptors (Lipinski definition) is 15. The Morgan fingerprint density at radius 2 is 2.07 bits per heavy atom.